The van der Waals surface area contributed by atoms with Crippen LogP contribution in [0.3, 0.4) is 0 Å². The summed E-state index contributed by atoms with van der Waals surface area (Å²) in [4.78, 5) is -0.153. The van der Waals surface area contributed by atoms with Crippen molar-refractivity contribution in [2.24, 2.45) is 0 Å². The Kier molecular flexibility index (Phi) is 2.68. The fourth-order valence-corrected chi connectivity index (χ4v) is 2.33. The first-order chi connectivity index (χ1) is 7.56. The molecule has 17 heavy (non-hydrogen) atoms. The van der Waals surface area contributed by atoms with Gasteiger partial charge in [0.05, 0.1) is 20.6 Å². The van der Waals surface area contributed by atoms with E-state index >= 15 is 0 Å². The van der Waals surface area contributed by atoms with E-state index in [1.165, 1.54) is 18.2 Å². The average Bonchev–Trinajstić information content (AvgIpc) is 2.32. The zero-order valence-electron chi connectivity index (χ0n) is 8.55. The van der Waals surface area contributed by atoms with E-state index in [-0.39, 0.29) is 16.2 Å². The predicted molar refractivity (Wildman–Crippen MR) is 67.5 cm³/mol. The van der Waals surface area contributed by atoms with E-state index in [1.807, 2.05) is 0 Å². The van der Waals surface area contributed by atoms with Gasteiger partial charge in [0.25, 0.3) is 9.05 Å². The SMILES string of the molecule is [B]C1([B])Oc2ccc(S(=O)(=O)Cl)cc2C1([B])[B]. The van der Waals surface area contributed by atoms with E-state index in [0.29, 0.717) is 0 Å². The van der Waals surface area contributed by atoms with E-state index in [1.54, 1.807) is 0 Å². The van der Waals surface area contributed by atoms with Crippen molar-refractivity contribution < 1.29 is 13.2 Å². The fraction of sp³-hybridized carbons (Fsp3) is 0.250. The maximum atomic E-state index is 11.2. The molecule has 0 aliphatic carbocycles. The molecule has 0 N–H and O–H groups in total. The van der Waals surface area contributed by atoms with Crippen LogP contribution < -0.4 is 4.74 Å². The first-order valence-electron chi connectivity index (χ1n) is 4.49. The molecule has 0 atom stereocenters. The van der Waals surface area contributed by atoms with Crippen molar-refractivity contribution in [1.82, 2.24) is 0 Å². The molecule has 78 valence electrons. The molecule has 2 rings (SSSR count). The van der Waals surface area contributed by atoms with Gasteiger partial charge < -0.3 is 4.74 Å². The zero-order valence-corrected chi connectivity index (χ0v) is 10.1. The lowest BCUT2D eigenvalue weighted by atomic mass is 9.34. The van der Waals surface area contributed by atoms with Crippen LogP contribution in [-0.2, 0) is 14.3 Å². The first-order valence-corrected chi connectivity index (χ1v) is 6.80. The second-order valence-electron chi connectivity index (χ2n) is 3.86. The molecule has 0 amide bonds. The van der Waals surface area contributed by atoms with Crippen LogP contribution in [0.4, 0.5) is 0 Å². The molecule has 1 aromatic rings. The standard InChI is InChI=1S/C8H3B4ClO3S/c9-7(10)5-3-4(17(13,14)15)1-2-6(5)16-8(7,11)12/h1-3H. The first kappa shape index (κ1) is 13.0. The molecule has 0 saturated heterocycles. The third-order valence-electron chi connectivity index (χ3n) is 2.60. The maximum Gasteiger partial charge on any atom is 0.261 e. The van der Waals surface area contributed by atoms with Crippen molar-refractivity contribution in [3.05, 3.63) is 23.8 Å². The summed E-state index contributed by atoms with van der Waals surface area (Å²) in [5.74, 6) is 0.226. The van der Waals surface area contributed by atoms with Gasteiger partial charge in [-0.1, -0.05) is 5.21 Å². The molecule has 1 aliphatic rings. The van der Waals surface area contributed by atoms with Gasteiger partial charge in [-0.15, -0.1) is 0 Å². The number of rotatable bonds is 1. The molecule has 0 fully saturated rings. The summed E-state index contributed by atoms with van der Waals surface area (Å²) >= 11 is 0. The second kappa shape index (κ2) is 3.51. The van der Waals surface area contributed by atoms with Crippen molar-refractivity contribution in [3.8, 4) is 5.75 Å². The van der Waals surface area contributed by atoms with E-state index in [0.717, 1.165) is 0 Å². The molecule has 0 unspecified atom stereocenters. The summed E-state index contributed by atoms with van der Waals surface area (Å²) in [6.45, 7) is 0. The predicted octanol–water partition coefficient (Wildman–Crippen LogP) is -0.513. The lowest BCUT2D eigenvalue weighted by Crippen LogP contribution is -2.53. The Morgan fingerprint density at radius 3 is 2.29 bits per heavy atom. The molecule has 0 bridgehead atoms. The number of ether oxygens (including phenoxy) is 1. The lowest BCUT2D eigenvalue weighted by molar-refractivity contribution is 0.258. The van der Waals surface area contributed by atoms with Gasteiger partial charge in [-0.25, -0.2) is 8.42 Å². The number of hydrogen-bond donors (Lipinski definition) is 0. The van der Waals surface area contributed by atoms with Crippen LogP contribution in [0.5, 0.6) is 5.75 Å². The third kappa shape index (κ3) is 1.91. The van der Waals surface area contributed by atoms with Crippen LogP contribution in [0, 0.1) is 0 Å². The Morgan fingerprint density at radius 1 is 1.18 bits per heavy atom. The quantitative estimate of drug-likeness (QED) is 0.503. The van der Waals surface area contributed by atoms with Crippen LogP contribution in [0.1, 0.15) is 5.56 Å². The summed E-state index contributed by atoms with van der Waals surface area (Å²) in [7, 11) is 24.0. The summed E-state index contributed by atoms with van der Waals surface area (Å²) in [5.41, 5.74) is 0.184. The molecule has 1 aliphatic heterocycles. The Bertz CT molecular complexity index is 584. The zero-order chi connectivity index (χ0) is 13.1. The van der Waals surface area contributed by atoms with Gasteiger partial charge in [-0.3, -0.25) is 0 Å². The Labute approximate surface area is 109 Å². The highest BCUT2D eigenvalue weighted by atomic mass is 35.7. The highest BCUT2D eigenvalue weighted by Crippen LogP contribution is 2.43. The molecule has 1 aromatic carbocycles. The van der Waals surface area contributed by atoms with Crippen molar-refractivity contribution in [2.75, 3.05) is 0 Å². The van der Waals surface area contributed by atoms with E-state index in [9.17, 15) is 8.42 Å². The second-order valence-corrected chi connectivity index (χ2v) is 6.43. The molecule has 3 nitrogen and oxygen atoms in total. The van der Waals surface area contributed by atoms with Gasteiger partial charge in [0.15, 0.2) is 0 Å². The average molecular weight is 258 g/mol. The monoisotopic (exact) mass is 258 g/mol. The van der Waals surface area contributed by atoms with Gasteiger partial charge >= 0.3 is 0 Å². The van der Waals surface area contributed by atoms with E-state index in [4.69, 9.17) is 46.8 Å². The minimum absolute atomic E-state index is 0.153. The minimum atomic E-state index is -3.89. The van der Waals surface area contributed by atoms with Gasteiger partial charge in [-0.2, -0.15) is 0 Å². The van der Waals surface area contributed by atoms with Gasteiger partial charge in [0.1, 0.15) is 21.4 Å². The molecule has 1 heterocycles. The van der Waals surface area contributed by atoms with Crippen molar-refractivity contribution in [2.45, 2.75) is 15.5 Å². The highest BCUT2D eigenvalue weighted by Gasteiger charge is 2.45. The van der Waals surface area contributed by atoms with Gasteiger partial charge in [-0.05, 0) is 23.8 Å². The van der Waals surface area contributed by atoms with Crippen LogP contribution in [0.25, 0.3) is 0 Å². The van der Waals surface area contributed by atoms with Crippen molar-refractivity contribution in [1.29, 1.82) is 0 Å². The molecule has 0 saturated carbocycles. The lowest BCUT2D eigenvalue weighted by Gasteiger charge is -2.36. The van der Waals surface area contributed by atoms with E-state index < -0.39 is 19.7 Å². The number of benzene rings is 1. The Morgan fingerprint density at radius 2 is 1.76 bits per heavy atom. The van der Waals surface area contributed by atoms with Crippen molar-refractivity contribution in [3.63, 3.8) is 0 Å². The maximum absolute atomic E-state index is 11.2. The van der Waals surface area contributed by atoms with Crippen LogP contribution in [-0.4, -0.2) is 45.2 Å². The number of halogens is 1. The topological polar surface area (TPSA) is 43.4 Å². The van der Waals surface area contributed by atoms with Gasteiger partial charge in [0.2, 0.25) is 0 Å². The third-order valence-corrected chi connectivity index (χ3v) is 3.96. The summed E-state index contributed by atoms with van der Waals surface area (Å²) < 4.78 is 27.5. The molecular weight excluding hydrogens is 255 g/mol. The molecule has 8 radical (unpaired) electrons. The smallest absolute Gasteiger partial charge is 0.261 e. The van der Waals surface area contributed by atoms with Crippen LogP contribution in [0.2, 0.25) is 0 Å². The van der Waals surface area contributed by atoms with E-state index in [2.05, 4.69) is 0 Å². The number of fused-ring (bicyclic) bond motifs is 1. The fourth-order valence-electron chi connectivity index (χ4n) is 1.55. The normalized spacial score (nSPS) is 20.5. The van der Waals surface area contributed by atoms with Crippen LogP contribution in [0.15, 0.2) is 23.1 Å². The highest BCUT2D eigenvalue weighted by molar-refractivity contribution is 8.13. The molecule has 0 spiro atoms. The molecule has 9 heteroatoms. The Hall–Kier alpha value is -0.480. The summed E-state index contributed by atoms with van der Waals surface area (Å²) in [5, 5.41) is -3.52. The molecular formula is C8H3B4ClO3S. The number of hydrogen-bond acceptors (Lipinski definition) is 3. The van der Waals surface area contributed by atoms with Crippen LogP contribution >= 0.6 is 10.7 Å². The molecule has 0 aromatic heterocycles. The van der Waals surface area contributed by atoms with Crippen molar-refractivity contribution >= 4 is 51.1 Å². The van der Waals surface area contributed by atoms with Gasteiger partial charge in [0, 0.05) is 16.1 Å². The largest absolute Gasteiger partial charge is 0.507 e. The summed E-state index contributed by atoms with van der Waals surface area (Å²) in [6, 6.07) is 3.79. The minimum Gasteiger partial charge on any atom is -0.507 e. The Balaban J connectivity index is 2.65. The summed E-state index contributed by atoms with van der Waals surface area (Å²) in [6.07, 6.45) is 0.